The third-order valence-electron chi connectivity index (χ3n) is 7.13. The molecule has 4 aromatic rings. The molecule has 4 heterocycles. The lowest BCUT2D eigenvalue weighted by atomic mass is 9.89. The minimum atomic E-state index is -2.67. The van der Waals surface area contributed by atoms with Crippen molar-refractivity contribution in [1.82, 2.24) is 29.8 Å². The van der Waals surface area contributed by atoms with Crippen molar-refractivity contribution in [2.24, 2.45) is 0 Å². The van der Waals surface area contributed by atoms with Crippen LogP contribution in [0.15, 0.2) is 42.7 Å². The minimum Gasteiger partial charge on any atom is -0.388 e. The van der Waals surface area contributed by atoms with Crippen LogP contribution < -0.4 is 10.2 Å². The summed E-state index contributed by atoms with van der Waals surface area (Å²) in [7, 11) is 0. The van der Waals surface area contributed by atoms with E-state index >= 15 is 0 Å². The zero-order valence-electron chi connectivity index (χ0n) is 20.4. The maximum Gasteiger partial charge on any atom is 0.259 e. The number of nitrogens with one attached hydrogen (secondary N) is 1. The Hall–Kier alpha value is -3.93. The van der Waals surface area contributed by atoms with Crippen LogP contribution in [-0.2, 0) is 0 Å². The van der Waals surface area contributed by atoms with Gasteiger partial charge in [0.25, 0.3) is 11.8 Å². The predicted molar refractivity (Wildman–Crippen MR) is 132 cm³/mol. The summed E-state index contributed by atoms with van der Waals surface area (Å²) in [6, 6.07) is 8.73. The maximum absolute atomic E-state index is 13.3. The van der Waals surface area contributed by atoms with Gasteiger partial charge in [-0.1, -0.05) is 12.1 Å². The first-order chi connectivity index (χ1) is 17.6. The van der Waals surface area contributed by atoms with E-state index in [1.807, 2.05) is 32.0 Å². The standard InChI is InChI=1S/C25H26F2N8O2/c1-15-3-4-16(22-30-32-35(31-22)18-11-25(26,27)12-18)9-20(15)29-23(36)19-13-28-34-7-5-17(10-21(19)34)33-8-6-24(2,37)14-33/h3-5,7,9-10,13,18,37H,6,8,11-12,14H2,1-2H3,(H,29,36). The topological polar surface area (TPSA) is 113 Å². The van der Waals surface area contributed by atoms with Gasteiger partial charge < -0.3 is 15.3 Å². The molecule has 2 aliphatic rings. The number of aliphatic hydroxyl groups is 1. The van der Waals surface area contributed by atoms with Gasteiger partial charge in [-0.25, -0.2) is 13.3 Å². The third-order valence-corrected chi connectivity index (χ3v) is 7.13. The number of halogens is 2. The second-order valence-electron chi connectivity index (χ2n) is 10.3. The number of carbonyl (C=O) groups excluding carboxylic acids is 1. The van der Waals surface area contributed by atoms with Crippen LogP contribution in [0.2, 0.25) is 0 Å². The Morgan fingerprint density at radius 1 is 1.22 bits per heavy atom. The number of alkyl halides is 2. The molecule has 6 rings (SSSR count). The van der Waals surface area contributed by atoms with Crippen LogP contribution in [0.3, 0.4) is 0 Å². The second-order valence-corrected chi connectivity index (χ2v) is 10.3. The molecular weight excluding hydrogens is 482 g/mol. The number of aromatic nitrogens is 6. The van der Waals surface area contributed by atoms with Gasteiger partial charge in [0.1, 0.15) is 0 Å². The summed E-state index contributed by atoms with van der Waals surface area (Å²) >= 11 is 0. The lowest BCUT2D eigenvalue weighted by Gasteiger charge is -2.33. The molecule has 0 bridgehead atoms. The first kappa shape index (κ1) is 23.5. The molecule has 1 saturated carbocycles. The van der Waals surface area contributed by atoms with Crippen molar-refractivity contribution in [2.75, 3.05) is 23.3 Å². The number of aryl methyl sites for hydroxylation is 1. The molecule has 1 aliphatic carbocycles. The molecule has 1 aromatic carbocycles. The summed E-state index contributed by atoms with van der Waals surface area (Å²) in [5.41, 5.74) is 3.25. The van der Waals surface area contributed by atoms with E-state index in [4.69, 9.17) is 0 Å². The van der Waals surface area contributed by atoms with Gasteiger partial charge in [0.05, 0.1) is 28.9 Å². The molecule has 37 heavy (non-hydrogen) atoms. The number of carbonyl (C=O) groups is 1. The highest BCUT2D eigenvalue weighted by Gasteiger charge is 2.47. The summed E-state index contributed by atoms with van der Waals surface area (Å²) < 4.78 is 28.1. The Morgan fingerprint density at radius 3 is 2.76 bits per heavy atom. The van der Waals surface area contributed by atoms with Crippen LogP contribution in [0.5, 0.6) is 0 Å². The fourth-order valence-electron chi connectivity index (χ4n) is 4.88. The highest BCUT2D eigenvalue weighted by atomic mass is 19.3. The number of benzene rings is 1. The summed E-state index contributed by atoms with van der Waals surface area (Å²) in [5, 5.41) is 29.8. The normalized spacial score (nSPS) is 21.4. The summed E-state index contributed by atoms with van der Waals surface area (Å²) in [5.74, 6) is -2.70. The molecule has 0 radical (unpaired) electrons. The van der Waals surface area contributed by atoms with E-state index in [-0.39, 0.29) is 18.7 Å². The molecule has 2 fully saturated rings. The Labute approximate surface area is 210 Å². The molecule has 3 aromatic heterocycles. The van der Waals surface area contributed by atoms with Crippen molar-refractivity contribution in [1.29, 1.82) is 0 Å². The number of pyridine rings is 1. The van der Waals surface area contributed by atoms with E-state index in [9.17, 15) is 18.7 Å². The van der Waals surface area contributed by atoms with Gasteiger partial charge >= 0.3 is 0 Å². The van der Waals surface area contributed by atoms with Crippen LogP contribution in [0.1, 0.15) is 48.1 Å². The zero-order chi connectivity index (χ0) is 25.9. The Morgan fingerprint density at radius 2 is 2.03 bits per heavy atom. The Kier molecular flexibility index (Phi) is 5.26. The number of hydrogen-bond acceptors (Lipinski definition) is 7. The fraction of sp³-hybridized carbons (Fsp3) is 0.400. The largest absolute Gasteiger partial charge is 0.388 e. The van der Waals surface area contributed by atoms with Gasteiger partial charge in [-0.15, -0.1) is 10.2 Å². The molecular formula is C25H26F2N8O2. The number of amides is 1. The van der Waals surface area contributed by atoms with Crippen molar-refractivity contribution in [2.45, 2.75) is 50.7 Å². The van der Waals surface area contributed by atoms with Crippen molar-refractivity contribution < 1.29 is 18.7 Å². The van der Waals surface area contributed by atoms with Gasteiger partial charge in [0, 0.05) is 49.1 Å². The highest BCUT2D eigenvalue weighted by Crippen LogP contribution is 2.44. The molecule has 0 spiro atoms. The van der Waals surface area contributed by atoms with E-state index in [2.05, 4.69) is 30.7 Å². The Balaban J connectivity index is 1.23. The minimum absolute atomic E-state index is 0.295. The second kappa shape index (κ2) is 8.30. The average Bonchev–Trinajstić information content (AvgIpc) is 3.56. The van der Waals surface area contributed by atoms with Crippen LogP contribution in [-0.4, -0.2) is 65.4 Å². The first-order valence-electron chi connectivity index (χ1n) is 12.1. The van der Waals surface area contributed by atoms with Crippen molar-refractivity contribution >= 4 is 22.8 Å². The molecule has 1 saturated heterocycles. The molecule has 2 N–H and O–H groups in total. The SMILES string of the molecule is Cc1ccc(-c2nnn(C3CC(F)(F)C3)n2)cc1NC(=O)c1cnn2ccc(N3CCC(C)(O)C3)cc12. The number of fused-ring (bicyclic) bond motifs is 1. The van der Waals surface area contributed by atoms with E-state index in [1.54, 1.807) is 22.8 Å². The summed E-state index contributed by atoms with van der Waals surface area (Å²) in [4.78, 5) is 16.6. The number of anilines is 2. The lowest BCUT2D eigenvalue weighted by molar-refractivity contribution is -0.110. The molecule has 1 aliphatic heterocycles. The molecule has 1 atom stereocenters. The van der Waals surface area contributed by atoms with E-state index in [0.717, 1.165) is 17.8 Å². The van der Waals surface area contributed by atoms with Gasteiger partial charge in [-0.05, 0) is 49.2 Å². The monoisotopic (exact) mass is 508 g/mol. The number of rotatable bonds is 5. The number of tetrazole rings is 1. The van der Waals surface area contributed by atoms with Gasteiger partial charge in [0.2, 0.25) is 5.82 Å². The van der Waals surface area contributed by atoms with E-state index in [0.29, 0.717) is 41.1 Å². The average molecular weight is 509 g/mol. The first-order valence-corrected chi connectivity index (χ1v) is 12.1. The molecule has 192 valence electrons. The van der Waals surface area contributed by atoms with E-state index < -0.39 is 17.6 Å². The summed E-state index contributed by atoms with van der Waals surface area (Å²) in [6.45, 7) is 4.94. The molecule has 10 nitrogen and oxygen atoms in total. The summed E-state index contributed by atoms with van der Waals surface area (Å²) in [6.07, 6.45) is 3.41. The third kappa shape index (κ3) is 4.41. The maximum atomic E-state index is 13.3. The van der Waals surface area contributed by atoms with Gasteiger partial charge in [0.15, 0.2) is 0 Å². The number of β-amino-alcohol motifs (C(OH)–C–C–N with tert-alkyl or cyclic N) is 1. The van der Waals surface area contributed by atoms with Crippen molar-refractivity contribution in [3.8, 4) is 11.4 Å². The quantitative estimate of drug-likeness (QED) is 0.424. The van der Waals surface area contributed by atoms with Crippen LogP contribution in [0.25, 0.3) is 16.9 Å². The fourth-order valence-corrected chi connectivity index (χ4v) is 4.88. The van der Waals surface area contributed by atoms with Crippen LogP contribution >= 0.6 is 0 Å². The molecule has 12 heteroatoms. The number of hydrogen-bond donors (Lipinski definition) is 2. The predicted octanol–water partition coefficient (Wildman–Crippen LogP) is 3.48. The van der Waals surface area contributed by atoms with E-state index in [1.165, 1.54) is 11.0 Å². The smallest absolute Gasteiger partial charge is 0.259 e. The van der Waals surface area contributed by atoms with Crippen LogP contribution in [0, 0.1) is 6.92 Å². The molecule has 1 unspecified atom stereocenters. The highest BCUT2D eigenvalue weighted by molar-refractivity contribution is 6.09. The van der Waals surface area contributed by atoms with Gasteiger partial charge in [-0.2, -0.15) is 9.90 Å². The lowest BCUT2D eigenvalue weighted by Crippen LogP contribution is -2.38. The van der Waals surface area contributed by atoms with Gasteiger partial charge in [-0.3, -0.25) is 4.79 Å². The Bertz CT molecular complexity index is 1500. The molecule has 1 amide bonds. The number of nitrogens with zero attached hydrogens (tertiary/aromatic N) is 7. The van der Waals surface area contributed by atoms with Crippen molar-refractivity contribution in [3.63, 3.8) is 0 Å². The van der Waals surface area contributed by atoms with Crippen molar-refractivity contribution in [3.05, 3.63) is 53.9 Å². The zero-order valence-corrected chi connectivity index (χ0v) is 20.4. The van der Waals surface area contributed by atoms with Crippen LogP contribution in [0.4, 0.5) is 20.2 Å².